The smallest absolute Gasteiger partial charge is 0.328 e. The van der Waals surface area contributed by atoms with E-state index in [1.165, 1.54) is 0 Å². The van der Waals surface area contributed by atoms with Gasteiger partial charge in [0.25, 0.3) is 0 Å². The van der Waals surface area contributed by atoms with Crippen molar-refractivity contribution in [1.82, 2.24) is 9.38 Å². The van der Waals surface area contributed by atoms with E-state index in [0.717, 1.165) is 34.2 Å². The zero-order valence-electron chi connectivity index (χ0n) is 11.5. The number of aliphatic carboxylic acids is 1. The summed E-state index contributed by atoms with van der Waals surface area (Å²) >= 11 is 0. The Balaban J connectivity index is 2.30. The molecule has 0 saturated heterocycles. The first kappa shape index (κ1) is 13.1. The molecule has 1 N–H and O–H groups in total. The van der Waals surface area contributed by atoms with E-state index in [1.54, 1.807) is 6.08 Å². The number of hydrogen-bond donors (Lipinski definition) is 1. The normalized spacial score (nSPS) is 11.3. The van der Waals surface area contributed by atoms with Gasteiger partial charge in [-0.05, 0) is 24.6 Å². The van der Waals surface area contributed by atoms with Crippen molar-refractivity contribution in [2.75, 3.05) is 0 Å². The van der Waals surface area contributed by atoms with Crippen molar-refractivity contribution >= 4 is 17.7 Å². The summed E-state index contributed by atoms with van der Waals surface area (Å²) in [5.74, 6) is -0.975. The Morgan fingerprint density at radius 1 is 1.19 bits per heavy atom. The van der Waals surface area contributed by atoms with Crippen LogP contribution in [0.3, 0.4) is 0 Å². The number of nitrogens with zero attached hydrogens (tertiary/aromatic N) is 2. The molecule has 0 aliphatic carbocycles. The molecule has 0 unspecified atom stereocenters. The highest BCUT2D eigenvalue weighted by Crippen LogP contribution is 2.26. The van der Waals surface area contributed by atoms with Crippen LogP contribution >= 0.6 is 0 Å². The van der Waals surface area contributed by atoms with E-state index in [9.17, 15) is 4.79 Å². The molecule has 0 spiro atoms. The van der Waals surface area contributed by atoms with Crippen LogP contribution in [0.2, 0.25) is 0 Å². The summed E-state index contributed by atoms with van der Waals surface area (Å²) in [5.41, 5.74) is 4.39. The quantitative estimate of drug-likeness (QED) is 0.747. The summed E-state index contributed by atoms with van der Waals surface area (Å²) in [4.78, 5) is 15.5. The van der Waals surface area contributed by atoms with Crippen molar-refractivity contribution in [2.45, 2.75) is 6.92 Å². The topological polar surface area (TPSA) is 54.6 Å². The first-order valence-electron chi connectivity index (χ1n) is 6.61. The number of fused-ring (bicyclic) bond motifs is 1. The molecule has 104 valence electrons. The lowest BCUT2D eigenvalue weighted by atomic mass is 10.1. The van der Waals surface area contributed by atoms with Crippen molar-refractivity contribution in [1.29, 1.82) is 0 Å². The molecule has 4 nitrogen and oxygen atoms in total. The van der Waals surface area contributed by atoms with Crippen LogP contribution in [0.4, 0.5) is 0 Å². The predicted molar refractivity (Wildman–Crippen MR) is 82.0 cm³/mol. The number of imidazole rings is 1. The fourth-order valence-electron chi connectivity index (χ4n) is 2.34. The zero-order chi connectivity index (χ0) is 14.8. The highest BCUT2D eigenvalue weighted by Gasteiger charge is 2.13. The molecule has 0 radical (unpaired) electrons. The number of carboxylic acids is 1. The number of hydrogen-bond acceptors (Lipinski definition) is 2. The lowest BCUT2D eigenvalue weighted by molar-refractivity contribution is -0.131. The largest absolute Gasteiger partial charge is 0.478 e. The lowest BCUT2D eigenvalue weighted by Crippen LogP contribution is -1.91. The van der Waals surface area contributed by atoms with Crippen LogP contribution in [0.15, 0.2) is 54.7 Å². The number of carbonyl (C=O) groups is 1. The maximum absolute atomic E-state index is 10.8. The van der Waals surface area contributed by atoms with Gasteiger partial charge in [-0.25, -0.2) is 9.78 Å². The molecule has 0 bridgehead atoms. The predicted octanol–water partition coefficient (Wildman–Crippen LogP) is 3.41. The third-order valence-corrected chi connectivity index (χ3v) is 3.31. The molecule has 2 heterocycles. The van der Waals surface area contributed by atoms with Gasteiger partial charge in [-0.2, -0.15) is 0 Å². The van der Waals surface area contributed by atoms with E-state index < -0.39 is 5.97 Å². The van der Waals surface area contributed by atoms with Crippen LogP contribution in [-0.2, 0) is 4.79 Å². The van der Waals surface area contributed by atoms with Gasteiger partial charge in [0.15, 0.2) is 0 Å². The highest BCUT2D eigenvalue weighted by atomic mass is 16.4. The van der Waals surface area contributed by atoms with Crippen molar-refractivity contribution in [3.8, 4) is 11.3 Å². The molecule has 0 saturated carbocycles. The molecule has 4 heteroatoms. The summed E-state index contributed by atoms with van der Waals surface area (Å²) in [6, 6.07) is 13.7. The van der Waals surface area contributed by atoms with Crippen LogP contribution in [-0.4, -0.2) is 20.5 Å². The molecule has 0 aliphatic rings. The van der Waals surface area contributed by atoms with E-state index in [2.05, 4.69) is 4.98 Å². The van der Waals surface area contributed by atoms with E-state index in [4.69, 9.17) is 5.11 Å². The van der Waals surface area contributed by atoms with E-state index >= 15 is 0 Å². The molecule has 3 aromatic rings. The summed E-state index contributed by atoms with van der Waals surface area (Å²) in [6.45, 7) is 1.99. The molecule has 1 aromatic carbocycles. The number of benzene rings is 1. The van der Waals surface area contributed by atoms with Crippen LogP contribution < -0.4 is 0 Å². The monoisotopic (exact) mass is 278 g/mol. The number of carboxylic acid groups (broad SMARTS) is 1. The number of rotatable bonds is 3. The Bertz CT molecular complexity index is 833. The first-order chi connectivity index (χ1) is 10.2. The fraction of sp³-hybridized carbons (Fsp3) is 0.0588. The zero-order valence-corrected chi connectivity index (χ0v) is 11.5. The molecule has 0 amide bonds. The average molecular weight is 278 g/mol. The number of aryl methyl sites for hydroxylation is 1. The van der Waals surface area contributed by atoms with Gasteiger partial charge in [0, 0.05) is 17.8 Å². The Labute approximate surface area is 122 Å². The van der Waals surface area contributed by atoms with Gasteiger partial charge in [0.1, 0.15) is 5.65 Å². The summed E-state index contributed by atoms with van der Waals surface area (Å²) < 4.78 is 1.91. The van der Waals surface area contributed by atoms with Gasteiger partial charge >= 0.3 is 5.97 Å². The maximum atomic E-state index is 10.8. The average Bonchev–Trinajstić information content (AvgIpc) is 2.86. The molecule has 0 atom stereocenters. The van der Waals surface area contributed by atoms with Gasteiger partial charge in [-0.1, -0.05) is 36.4 Å². The van der Waals surface area contributed by atoms with Crippen molar-refractivity contribution in [3.63, 3.8) is 0 Å². The summed E-state index contributed by atoms with van der Waals surface area (Å²) in [7, 11) is 0. The Morgan fingerprint density at radius 3 is 2.67 bits per heavy atom. The van der Waals surface area contributed by atoms with Gasteiger partial charge < -0.3 is 5.11 Å². The van der Waals surface area contributed by atoms with Crippen LogP contribution in [0.5, 0.6) is 0 Å². The maximum Gasteiger partial charge on any atom is 0.328 e. The van der Waals surface area contributed by atoms with Crippen LogP contribution in [0, 0.1) is 6.92 Å². The second-order valence-electron chi connectivity index (χ2n) is 4.77. The van der Waals surface area contributed by atoms with Gasteiger partial charge in [0.2, 0.25) is 0 Å². The van der Waals surface area contributed by atoms with Crippen LogP contribution in [0.25, 0.3) is 23.0 Å². The first-order valence-corrected chi connectivity index (χ1v) is 6.61. The Kier molecular flexibility index (Phi) is 3.28. The molecule has 2 aromatic heterocycles. The molecular formula is C17H14N2O2. The second kappa shape index (κ2) is 5.25. The Hall–Kier alpha value is -2.88. The second-order valence-corrected chi connectivity index (χ2v) is 4.77. The Morgan fingerprint density at radius 2 is 1.95 bits per heavy atom. The van der Waals surface area contributed by atoms with Crippen molar-refractivity contribution < 1.29 is 9.90 Å². The fourth-order valence-corrected chi connectivity index (χ4v) is 2.34. The van der Waals surface area contributed by atoms with Gasteiger partial charge in [0.05, 0.1) is 11.4 Å². The molecule has 21 heavy (non-hydrogen) atoms. The molecular weight excluding hydrogens is 264 g/mol. The number of pyridine rings is 1. The minimum atomic E-state index is -0.975. The summed E-state index contributed by atoms with van der Waals surface area (Å²) in [5, 5.41) is 8.88. The minimum Gasteiger partial charge on any atom is -0.478 e. The SMILES string of the molecule is Cc1cccn2c(C=CC(=O)O)c(-c3ccccc3)nc12. The van der Waals surface area contributed by atoms with Gasteiger partial charge in [-0.3, -0.25) is 4.40 Å². The van der Waals surface area contributed by atoms with E-state index in [-0.39, 0.29) is 0 Å². The van der Waals surface area contributed by atoms with Crippen molar-refractivity contribution in [3.05, 3.63) is 66.0 Å². The van der Waals surface area contributed by atoms with Gasteiger partial charge in [-0.15, -0.1) is 0 Å². The van der Waals surface area contributed by atoms with E-state index in [0.29, 0.717) is 0 Å². The molecule has 0 fully saturated rings. The molecule has 0 aliphatic heterocycles. The molecule has 3 rings (SSSR count). The minimum absolute atomic E-state index is 0.766. The standard InChI is InChI=1S/C17H14N2O2/c1-12-6-5-11-19-14(9-10-15(20)21)16(18-17(12)19)13-7-3-2-4-8-13/h2-11H,1H3,(H,20,21). The lowest BCUT2D eigenvalue weighted by Gasteiger charge is -2.00. The van der Waals surface area contributed by atoms with E-state index in [1.807, 2.05) is 60.0 Å². The highest BCUT2D eigenvalue weighted by molar-refractivity contribution is 5.87. The van der Waals surface area contributed by atoms with Crippen LogP contribution in [0.1, 0.15) is 11.3 Å². The summed E-state index contributed by atoms with van der Waals surface area (Å²) in [6.07, 6.45) is 4.62. The third-order valence-electron chi connectivity index (χ3n) is 3.31. The third kappa shape index (κ3) is 2.43. The van der Waals surface area contributed by atoms with Crippen molar-refractivity contribution in [2.24, 2.45) is 0 Å². The number of aromatic nitrogens is 2.